The average molecular weight is 289 g/mol. The van der Waals surface area contributed by atoms with Gasteiger partial charge in [-0.1, -0.05) is 0 Å². The summed E-state index contributed by atoms with van der Waals surface area (Å²) < 4.78 is 5.01. The number of aromatic nitrogens is 2. The van der Waals surface area contributed by atoms with Crippen LogP contribution in [0.4, 0.5) is 16.4 Å². The quantitative estimate of drug-likeness (QED) is 0.816. The lowest BCUT2D eigenvalue weighted by atomic mass is 10.3. The van der Waals surface area contributed by atoms with Gasteiger partial charge in [0.25, 0.3) is 0 Å². The maximum atomic E-state index is 11.7. The topological polar surface area (TPSA) is 87.5 Å². The van der Waals surface area contributed by atoms with Crippen LogP contribution in [0.1, 0.15) is 6.92 Å². The number of nitrogens with zero attached hydrogens (tertiary/aromatic N) is 3. The first kappa shape index (κ1) is 13.5. The van der Waals surface area contributed by atoms with E-state index in [2.05, 4.69) is 14.9 Å². The molecule has 1 amide bonds. The number of nitrogen functional groups attached to an aromatic ring is 1. The Morgan fingerprint density at radius 3 is 2.86 bits per heavy atom. The van der Waals surface area contributed by atoms with Crippen LogP contribution in [-0.4, -0.2) is 53.7 Å². The molecule has 0 radical (unpaired) electrons. The molecule has 0 unspecified atom stereocenters. The highest BCUT2D eigenvalue weighted by Gasteiger charge is 2.23. The SMILES string of the molecule is CCOC(=O)N1CCN(c2nc3ccc(N)cc3[nH]2)CC1. The van der Waals surface area contributed by atoms with Crippen molar-refractivity contribution in [3.8, 4) is 0 Å². The van der Waals surface area contributed by atoms with Gasteiger partial charge in [0, 0.05) is 31.9 Å². The number of anilines is 2. The molecule has 0 aliphatic carbocycles. The molecule has 1 aromatic carbocycles. The van der Waals surface area contributed by atoms with E-state index in [4.69, 9.17) is 10.5 Å². The van der Waals surface area contributed by atoms with Crippen LogP contribution in [0.2, 0.25) is 0 Å². The lowest BCUT2D eigenvalue weighted by Crippen LogP contribution is -2.49. The van der Waals surface area contributed by atoms with E-state index >= 15 is 0 Å². The van der Waals surface area contributed by atoms with Crippen molar-refractivity contribution in [3.05, 3.63) is 18.2 Å². The van der Waals surface area contributed by atoms with E-state index in [0.29, 0.717) is 25.4 Å². The van der Waals surface area contributed by atoms with E-state index in [1.54, 1.807) is 4.90 Å². The first-order valence-electron chi connectivity index (χ1n) is 7.09. The van der Waals surface area contributed by atoms with Gasteiger partial charge in [0.1, 0.15) is 0 Å². The highest BCUT2D eigenvalue weighted by atomic mass is 16.6. The Hall–Kier alpha value is -2.44. The number of nitrogens with two attached hydrogens (primary N) is 1. The van der Waals surface area contributed by atoms with E-state index in [9.17, 15) is 4.79 Å². The summed E-state index contributed by atoms with van der Waals surface area (Å²) in [6.07, 6.45) is -0.241. The number of benzene rings is 1. The summed E-state index contributed by atoms with van der Waals surface area (Å²) >= 11 is 0. The monoisotopic (exact) mass is 289 g/mol. The molecule has 0 spiro atoms. The van der Waals surface area contributed by atoms with Gasteiger partial charge >= 0.3 is 6.09 Å². The molecule has 1 aliphatic heterocycles. The molecule has 1 aromatic heterocycles. The van der Waals surface area contributed by atoms with Crippen LogP contribution < -0.4 is 10.6 Å². The van der Waals surface area contributed by atoms with Crippen molar-refractivity contribution < 1.29 is 9.53 Å². The van der Waals surface area contributed by atoms with E-state index in [1.807, 2.05) is 25.1 Å². The summed E-state index contributed by atoms with van der Waals surface area (Å²) in [5, 5.41) is 0. The summed E-state index contributed by atoms with van der Waals surface area (Å²) in [6, 6.07) is 5.62. The molecule has 1 saturated heterocycles. The zero-order chi connectivity index (χ0) is 14.8. The number of amides is 1. The second kappa shape index (κ2) is 5.51. The highest BCUT2D eigenvalue weighted by Crippen LogP contribution is 2.20. The van der Waals surface area contributed by atoms with Crippen LogP contribution in [0.3, 0.4) is 0 Å². The Morgan fingerprint density at radius 1 is 1.38 bits per heavy atom. The van der Waals surface area contributed by atoms with E-state index in [-0.39, 0.29) is 6.09 Å². The Labute approximate surface area is 122 Å². The molecule has 1 fully saturated rings. The minimum absolute atomic E-state index is 0.241. The van der Waals surface area contributed by atoms with Gasteiger partial charge in [0.15, 0.2) is 0 Å². The number of hydrogen-bond donors (Lipinski definition) is 2. The minimum atomic E-state index is -0.241. The standard InChI is InChI=1S/C14H19N5O2/c1-2-21-14(20)19-7-5-18(6-8-19)13-16-11-4-3-10(15)9-12(11)17-13/h3-4,9H,2,5-8,15H2,1H3,(H,16,17). The van der Waals surface area contributed by atoms with Crippen LogP contribution in [-0.2, 0) is 4.74 Å². The van der Waals surface area contributed by atoms with Crippen molar-refractivity contribution >= 4 is 28.8 Å². The normalized spacial score (nSPS) is 15.5. The summed E-state index contributed by atoms with van der Waals surface area (Å²) in [6.45, 7) is 4.95. The summed E-state index contributed by atoms with van der Waals surface area (Å²) in [7, 11) is 0. The molecule has 112 valence electrons. The van der Waals surface area contributed by atoms with E-state index in [1.165, 1.54) is 0 Å². The molecule has 1 aliphatic rings. The maximum Gasteiger partial charge on any atom is 0.409 e. The number of hydrogen-bond acceptors (Lipinski definition) is 5. The van der Waals surface area contributed by atoms with Crippen molar-refractivity contribution in [1.29, 1.82) is 0 Å². The summed E-state index contributed by atoms with van der Waals surface area (Å²) in [4.78, 5) is 23.4. The van der Waals surface area contributed by atoms with Gasteiger partial charge in [-0.3, -0.25) is 0 Å². The van der Waals surface area contributed by atoms with Gasteiger partial charge in [-0.25, -0.2) is 9.78 Å². The fraction of sp³-hybridized carbons (Fsp3) is 0.429. The Morgan fingerprint density at radius 2 is 2.14 bits per heavy atom. The van der Waals surface area contributed by atoms with Crippen LogP contribution >= 0.6 is 0 Å². The zero-order valence-electron chi connectivity index (χ0n) is 12.0. The minimum Gasteiger partial charge on any atom is -0.450 e. The van der Waals surface area contributed by atoms with Gasteiger partial charge < -0.3 is 25.3 Å². The number of fused-ring (bicyclic) bond motifs is 1. The molecule has 3 rings (SSSR count). The molecule has 0 bridgehead atoms. The Bertz CT molecular complexity index is 646. The Kier molecular flexibility index (Phi) is 3.55. The number of carbonyl (C=O) groups excluding carboxylic acids is 1. The highest BCUT2D eigenvalue weighted by molar-refractivity contribution is 5.81. The van der Waals surface area contributed by atoms with Crippen LogP contribution in [0.5, 0.6) is 0 Å². The molecule has 2 aromatic rings. The van der Waals surface area contributed by atoms with Gasteiger partial charge in [0.05, 0.1) is 17.6 Å². The van der Waals surface area contributed by atoms with Gasteiger partial charge in [-0.2, -0.15) is 0 Å². The van der Waals surface area contributed by atoms with Crippen molar-refractivity contribution in [3.63, 3.8) is 0 Å². The molecule has 7 nitrogen and oxygen atoms in total. The molecule has 0 saturated carbocycles. The number of ether oxygens (including phenoxy) is 1. The number of carbonyl (C=O) groups is 1. The first-order chi connectivity index (χ1) is 10.2. The molecule has 7 heteroatoms. The summed E-state index contributed by atoms with van der Waals surface area (Å²) in [5.41, 5.74) is 8.31. The van der Waals surface area contributed by atoms with Gasteiger partial charge in [-0.05, 0) is 25.1 Å². The fourth-order valence-electron chi connectivity index (χ4n) is 2.48. The number of aromatic amines is 1. The van der Waals surface area contributed by atoms with Crippen molar-refractivity contribution in [1.82, 2.24) is 14.9 Å². The molecule has 21 heavy (non-hydrogen) atoms. The van der Waals surface area contributed by atoms with Crippen LogP contribution in [0, 0.1) is 0 Å². The smallest absolute Gasteiger partial charge is 0.409 e. The lowest BCUT2D eigenvalue weighted by Gasteiger charge is -2.33. The van der Waals surface area contributed by atoms with Gasteiger partial charge in [0.2, 0.25) is 5.95 Å². The largest absolute Gasteiger partial charge is 0.450 e. The van der Waals surface area contributed by atoms with Crippen molar-refractivity contribution in [2.24, 2.45) is 0 Å². The van der Waals surface area contributed by atoms with Crippen LogP contribution in [0.15, 0.2) is 18.2 Å². The third-order valence-electron chi connectivity index (χ3n) is 3.60. The van der Waals surface area contributed by atoms with Crippen molar-refractivity contribution in [2.75, 3.05) is 43.4 Å². The average Bonchev–Trinajstić information content (AvgIpc) is 2.90. The Balaban J connectivity index is 1.69. The van der Waals surface area contributed by atoms with E-state index < -0.39 is 0 Å². The zero-order valence-corrected chi connectivity index (χ0v) is 12.0. The van der Waals surface area contributed by atoms with Crippen LogP contribution in [0.25, 0.3) is 11.0 Å². The number of rotatable bonds is 2. The van der Waals surface area contributed by atoms with E-state index in [0.717, 1.165) is 30.1 Å². The first-order valence-corrected chi connectivity index (χ1v) is 7.09. The fourth-order valence-corrected chi connectivity index (χ4v) is 2.48. The molecular weight excluding hydrogens is 270 g/mol. The third-order valence-corrected chi connectivity index (χ3v) is 3.60. The molecule has 0 atom stereocenters. The lowest BCUT2D eigenvalue weighted by molar-refractivity contribution is 0.105. The number of H-pyrrole nitrogens is 1. The second-order valence-corrected chi connectivity index (χ2v) is 5.01. The predicted molar refractivity (Wildman–Crippen MR) is 81.3 cm³/mol. The third kappa shape index (κ3) is 2.72. The number of imidazole rings is 1. The predicted octanol–water partition coefficient (Wildman–Crippen LogP) is 1.42. The number of nitrogens with one attached hydrogen (secondary N) is 1. The number of piperazine rings is 1. The maximum absolute atomic E-state index is 11.7. The second-order valence-electron chi connectivity index (χ2n) is 5.01. The molecule has 2 heterocycles. The molecular formula is C14H19N5O2. The van der Waals surface area contributed by atoms with Gasteiger partial charge in [-0.15, -0.1) is 0 Å². The van der Waals surface area contributed by atoms with Crippen molar-refractivity contribution in [2.45, 2.75) is 6.92 Å². The molecule has 3 N–H and O–H groups in total. The summed E-state index contributed by atoms with van der Waals surface area (Å²) in [5.74, 6) is 0.819.